The Morgan fingerprint density at radius 3 is 2.29 bits per heavy atom. The van der Waals surface area contributed by atoms with Crippen molar-refractivity contribution in [2.24, 2.45) is 5.92 Å². The molecular weight excluding hydrogens is 352 g/mol. The lowest BCUT2D eigenvalue weighted by Crippen LogP contribution is -2.49. The van der Waals surface area contributed by atoms with E-state index in [0.717, 1.165) is 38.0 Å². The van der Waals surface area contributed by atoms with Gasteiger partial charge in [-0.2, -0.15) is 0 Å². The zero-order valence-electron chi connectivity index (χ0n) is 17.6. The minimum Gasteiger partial charge on any atom is -0.548 e. The second-order valence-corrected chi connectivity index (χ2v) is 8.49. The van der Waals surface area contributed by atoms with E-state index in [1.54, 1.807) is 0 Å². The van der Waals surface area contributed by atoms with Crippen molar-refractivity contribution in [3.8, 4) is 0 Å². The number of carbonyl (C=O) groups is 2. The molecule has 1 heterocycles. The molecule has 1 aromatic carbocycles. The first kappa shape index (κ1) is 22.4. The number of aliphatic carboxylic acids is 1. The summed E-state index contributed by atoms with van der Waals surface area (Å²) >= 11 is 0. The van der Waals surface area contributed by atoms with Crippen molar-refractivity contribution in [1.82, 2.24) is 10.2 Å². The van der Waals surface area contributed by atoms with Gasteiger partial charge in [0.1, 0.15) is 0 Å². The van der Waals surface area contributed by atoms with Crippen LogP contribution in [-0.2, 0) is 16.0 Å². The number of amides is 1. The van der Waals surface area contributed by atoms with E-state index in [9.17, 15) is 14.7 Å². The summed E-state index contributed by atoms with van der Waals surface area (Å²) in [5.74, 6) is -1.27. The molecular formula is C23H35N2O3-. The summed E-state index contributed by atoms with van der Waals surface area (Å²) in [4.78, 5) is 26.4. The lowest BCUT2D eigenvalue weighted by molar-refractivity contribution is -0.308. The number of carboxylic acid groups (broad SMARTS) is 1. The molecule has 0 saturated carbocycles. The topological polar surface area (TPSA) is 72.5 Å². The van der Waals surface area contributed by atoms with Gasteiger partial charge in [-0.15, -0.1) is 0 Å². The highest BCUT2D eigenvalue weighted by Crippen LogP contribution is 2.18. The molecule has 1 aromatic rings. The molecule has 0 aromatic heterocycles. The highest BCUT2D eigenvalue weighted by Gasteiger charge is 2.20. The molecule has 5 heteroatoms. The predicted octanol–water partition coefficient (Wildman–Crippen LogP) is 2.49. The minimum atomic E-state index is -1.20. The second kappa shape index (κ2) is 11.2. The molecule has 0 spiro atoms. The summed E-state index contributed by atoms with van der Waals surface area (Å²) in [7, 11) is 0. The molecule has 1 N–H and O–H groups in total. The molecule has 1 aliphatic rings. The van der Waals surface area contributed by atoms with Crippen LogP contribution < -0.4 is 10.4 Å². The Morgan fingerprint density at radius 1 is 1.07 bits per heavy atom. The van der Waals surface area contributed by atoms with Gasteiger partial charge in [0.05, 0.1) is 17.9 Å². The van der Waals surface area contributed by atoms with Crippen LogP contribution in [0.15, 0.2) is 24.3 Å². The van der Waals surface area contributed by atoms with Crippen molar-refractivity contribution in [3.63, 3.8) is 0 Å². The first-order chi connectivity index (χ1) is 13.4. The number of benzene rings is 1. The second-order valence-electron chi connectivity index (χ2n) is 8.49. The number of nitrogens with zero attached hydrogens (tertiary/aromatic N) is 1. The van der Waals surface area contributed by atoms with Gasteiger partial charge in [-0.3, -0.25) is 4.79 Å². The fourth-order valence-corrected chi connectivity index (χ4v) is 3.81. The van der Waals surface area contributed by atoms with Gasteiger partial charge in [-0.1, -0.05) is 44.5 Å². The van der Waals surface area contributed by atoms with Gasteiger partial charge in [-0.05, 0) is 75.7 Å². The number of likely N-dealkylation sites (tertiary alicyclic amines) is 1. The fourth-order valence-electron chi connectivity index (χ4n) is 3.81. The van der Waals surface area contributed by atoms with Crippen LogP contribution >= 0.6 is 0 Å². The summed E-state index contributed by atoms with van der Waals surface area (Å²) in [6.45, 7) is 9.22. The number of hydrogen-bond acceptors (Lipinski definition) is 4. The highest BCUT2D eigenvalue weighted by atomic mass is 16.4. The molecule has 0 aliphatic carbocycles. The van der Waals surface area contributed by atoms with Crippen LogP contribution in [0.1, 0.15) is 69.9 Å². The molecule has 1 saturated heterocycles. The van der Waals surface area contributed by atoms with Crippen LogP contribution in [0.2, 0.25) is 0 Å². The van der Waals surface area contributed by atoms with E-state index < -0.39 is 17.9 Å². The van der Waals surface area contributed by atoms with Crippen molar-refractivity contribution >= 4 is 11.9 Å². The molecule has 1 amide bonds. The third-order valence-corrected chi connectivity index (χ3v) is 5.53. The van der Waals surface area contributed by atoms with Crippen LogP contribution in [-0.4, -0.2) is 42.5 Å². The van der Waals surface area contributed by atoms with Crippen LogP contribution in [0.5, 0.6) is 0 Å². The fraction of sp³-hybridized carbons (Fsp3) is 0.652. The number of carbonyl (C=O) groups excluding carboxylic acids is 2. The lowest BCUT2D eigenvalue weighted by atomic mass is 9.96. The average molecular weight is 388 g/mol. The molecule has 156 valence electrons. The first-order valence-electron chi connectivity index (χ1n) is 10.7. The van der Waals surface area contributed by atoms with Crippen LogP contribution in [0.25, 0.3) is 0 Å². The van der Waals surface area contributed by atoms with E-state index in [0.29, 0.717) is 12.3 Å². The largest absolute Gasteiger partial charge is 0.548 e. The Labute approximate surface area is 169 Å². The van der Waals surface area contributed by atoms with E-state index in [-0.39, 0.29) is 5.91 Å². The molecule has 1 fully saturated rings. The smallest absolute Gasteiger partial charge is 0.227 e. The van der Waals surface area contributed by atoms with Crippen molar-refractivity contribution < 1.29 is 14.7 Å². The molecule has 0 bridgehead atoms. The highest BCUT2D eigenvalue weighted by molar-refractivity contribution is 5.87. The molecule has 2 rings (SSSR count). The van der Waals surface area contributed by atoms with Crippen molar-refractivity contribution in [3.05, 3.63) is 35.4 Å². The summed E-state index contributed by atoms with van der Waals surface area (Å²) in [6.07, 6.45) is 5.87. The normalized spacial score (nSPS) is 17.3. The Balaban J connectivity index is 1.85. The maximum atomic E-state index is 12.6. The molecule has 5 nitrogen and oxygen atoms in total. The van der Waals surface area contributed by atoms with Gasteiger partial charge in [0.2, 0.25) is 5.91 Å². The van der Waals surface area contributed by atoms with Crippen molar-refractivity contribution in [1.29, 1.82) is 0 Å². The Bertz CT molecular complexity index is 621. The van der Waals surface area contributed by atoms with E-state index in [2.05, 4.69) is 24.1 Å². The molecule has 2 atom stereocenters. The summed E-state index contributed by atoms with van der Waals surface area (Å²) in [6, 6.07) is 7.10. The van der Waals surface area contributed by atoms with Crippen LogP contribution in [0.3, 0.4) is 0 Å². The number of piperidine rings is 1. The molecule has 0 radical (unpaired) electrons. The number of nitrogens with one attached hydrogen (secondary N) is 1. The van der Waals surface area contributed by atoms with Crippen molar-refractivity contribution in [2.45, 2.75) is 71.3 Å². The van der Waals surface area contributed by atoms with Crippen LogP contribution in [0, 0.1) is 5.92 Å². The van der Waals surface area contributed by atoms with Gasteiger partial charge in [0, 0.05) is 0 Å². The summed E-state index contributed by atoms with van der Waals surface area (Å²) in [5, 5.41) is 14.2. The number of carboxylic acids is 1. The van der Waals surface area contributed by atoms with Gasteiger partial charge >= 0.3 is 0 Å². The molecule has 0 unspecified atom stereocenters. The molecule has 28 heavy (non-hydrogen) atoms. The first-order valence-corrected chi connectivity index (χ1v) is 10.7. The zero-order valence-corrected chi connectivity index (χ0v) is 17.6. The Kier molecular flexibility index (Phi) is 8.97. The standard InChI is InChI=1S/C23H36N2O3/c1-17(2)16-19-9-11-20(12-10-19)18(3)22(26)24-21(23(27)28)8-7-15-25-13-5-4-6-14-25/h9-12,17-18,21H,4-8,13-16H2,1-3H3,(H,24,26)(H,27,28)/p-1/t18-,21+/m1/s1. The van der Waals surface area contributed by atoms with Crippen molar-refractivity contribution in [2.75, 3.05) is 19.6 Å². The summed E-state index contributed by atoms with van der Waals surface area (Å²) < 4.78 is 0. The van der Waals surface area contributed by atoms with Gasteiger partial charge < -0.3 is 20.1 Å². The van der Waals surface area contributed by atoms with E-state index in [1.807, 2.05) is 31.2 Å². The maximum absolute atomic E-state index is 12.6. The Morgan fingerprint density at radius 2 is 1.71 bits per heavy atom. The van der Waals surface area contributed by atoms with E-state index >= 15 is 0 Å². The maximum Gasteiger partial charge on any atom is 0.227 e. The van der Waals surface area contributed by atoms with Gasteiger partial charge in [0.25, 0.3) is 0 Å². The SMILES string of the molecule is CC(C)Cc1ccc([C@@H](C)C(=O)N[C@@H](CCCN2CCCCC2)C(=O)[O-])cc1. The van der Waals surface area contributed by atoms with Gasteiger partial charge in [0.15, 0.2) is 0 Å². The van der Waals surface area contributed by atoms with Crippen LogP contribution in [0.4, 0.5) is 0 Å². The average Bonchev–Trinajstić information content (AvgIpc) is 2.67. The zero-order chi connectivity index (χ0) is 20.5. The molecule has 1 aliphatic heterocycles. The number of rotatable bonds is 10. The lowest BCUT2D eigenvalue weighted by Gasteiger charge is -2.27. The third-order valence-electron chi connectivity index (χ3n) is 5.53. The minimum absolute atomic E-state index is 0.260. The monoisotopic (exact) mass is 387 g/mol. The van der Waals surface area contributed by atoms with E-state index in [1.165, 1.54) is 24.8 Å². The third kappa shape index (κ3) is 7.27. The summed E-state index contributed by atoms with van der Waals surface area (Å²) in [5.41, 5.74) is 2.15. The van der Waals surface area contributed by atoms with Gasteiger partial charge in [-0.25, -0.2) is 0 Å². The quantitative estimate of drug-likeness (QED) is 0.669. The van der Waals surface area contributed by atoms with E-state index in [4.69, 9.17) is 0 Å². The number of hydrogen-bond donors (Lipinski definition) is 1. The Hall–Kier alpha value is -1.88. The predicted molar refractivity (Wildman–Crippen MR) is 110 cm³/mol.